The number of rotatable bonds is 10. The summed E-state index contributed by atoms with van der Waals surface area (Å²) in [6, 6.07) is 20.3. The molecule has 0 aliphatic carbocycles. The van der Waals surface area contributed by atoms with E-state index < -0.39 is 34.2 Å². The maximum Gasteiger partial charge on any atom is 0.410 e. The van der Waals surface area contributed by atoms with Gasteiger partial charge in [0.1, 0.15) is 18.5 Å². The summed E-state index contributed by atoms with van der Waals surface area (Å²) in [6.07, 6.45) is -2.59. The van der Waals surface area contributed by atoms with Crippen LogP contribution in [0.3, 0.4) is 0 Å². The predicted octanol–water partition coefficient (Wildman–Crippen LogP) is 4.16. The van der Waals surface area contributed by atoms with Crippen molar-refractivity contribution in [3.05, 3.63) is 89.7 Å². The second-order valence-corrected chi connectivity index (χ2v) is 11.3. The Kier molecular flexibility index (Phi) is 9.62. The Balaban J connectivity index is 1.24. The minimum atomic E-state index is -4.04. The molecule has 11 heteroatoms. The van der Waals surface area contributed by atoms with Gasteiger partial charge >= 0.3 is 6.09 Å². The summed E-state index contributed by atoms with van der Waals surface area (Å²) in [7, 11) is -4.04. The lowest BCUT2D eigenvalue weighted by molar-refractivity contribution is 0.0604. The van der Waals surface area contributed by atoms with E-state index in [1.54, 1.807) is 29.2 Å². The van der Waals surface area contributed by atoms with Crippen molar-refractivity contribution in [1.29, 1.82) is 0 Å². The van der Waals surface area contributed by atoms with Crippen LogP contribution in [0.25, 0.3) is 0 Å². The topological polar surface area (TPSA) is 108 Å². The Bertz CT molecular complexity index is 1380. The smallest absolute Gasteiger partial charge is 0.410 e. The second-order valence-electron chi connectivity index (χ2n) is 9.70. The zero-order valence-corrected chi connectivity index (χ0v) is 23.3. The van der Waals surface area contributed by atoms with Gasteiger partial charge < -0.3 is 25.0 Å². The molecule has 1 fully saturated rings. The molecule has 1 unspecified atom stereocenters. The first-order valence-corrected chi connectivity index (χ1v) is 14.5. The first-order valence-electron chi connectivity index (χ1n) is 13.0. The SMILES string of the molecule is Cc1ccc(S(=O)(=O)OC(C)[C@H](O)CNc2ccc(N3CCN(C(=O)OCc4ccccc4)CC3)c(F)c2)cc1. The number of amides is 1. The summed E-state index contributed by atoms with van der Waals surface area (Å²) >= 11 is 0. The van der Waals surface area contributed by atoms with Crippen molar-refractivity contribution >= 4 is 27.6 Å². The Labute approximate surface area is 234 Å². The Hall–Kier alpha value is -3.67. The number of halogens is 1. The molecular weight excluding hydrogens is 537 g/mol. The Morgan fingerprint density at radius 3 is 2.35 bits per heavy atom. The van der Waals surface area contributed by atoms with Gasteiger partial charge in [0.25, 0.3) is 10.1 Å². The van der Waals surface area contributed by atoms with E-state index in [9.17, 15) is 22.7 Å². The fraction of sp³-hybridized carbons (Fsp3) is 0.345. The van der Waals surface area contributed by atoms with Crippen LogP contribution in [0.2, 0.25) is 0 Å². The minimum Gasteiger partial charge on any atom is -0.445 e. The summed E-state index contributed by atoms with van der Waals surface area (Å²) in [5, 5.41) is 13.4. The van der Waals surface area contributed by atoms with Crippen LogP contribution in [-0.2, 0) is 25.6 Å². The summed E-state index contributed by atoms with van der Waals surface area (Å²) in [4.78, 5) is 15.9. The molecule has 1 heterocycles. The summed E-state index contributed by atoms with van der Waals surface area (Å²) in [6.45, 7) is 5.17. The number of benzene rings is 3. The van der Waals surface area contributed by atoms with Gasteiger partial charge in [0.05, 0.1) is 16.7 Å². The molecule has 1 amide bonds. The van der Waals surface area contributed by atoms with Gasteiger partial charge in [-0.3, -0.25) is 4.18 Å². The number of aliphatic hydroxyl groups is 1. The summed E-state index contributed by atoms with van der Waals surface area (Å²) in [5.41, 5.74) is 2.66. The highest BCUT2D eigenvalue weighted by Crippen LogP contribution is 2.25. The van der Waals surface area contributed by atoms with E-state index in [0.717, 1.165) is 11.1 Å². The van der Waals surface area contributed by atoms with Crippen molar-refractivity contribution in [3.63, 3.8) is 0 Å². The van der Waals surface area contributed by atoms with Gasteiger partial charge in [0.2, 0.25) is 0 Å². The standard InChI is InChI=1S/C29H34FN3O6S/c1-21-8-11-25(12-9-21)40(36,37)39-22(2)28(34)19-31-24-10-13-27(26(30)18-24)32-14-16-33(17-15-32)29(35)38-20-23-6-4-3-5-7-23/h3-13,18,22,28,31,34H,14-17,19-20H2,1-2H3/t22?,28-/m1/s1. The van der Waals surface area contributed by atoms with Crippen LogP contribution >= 0.6 is 0 Å². The molecule has 0 aromatic heterocycles. The molecule has 2 atom stereocenters. The molecule has 3 aromatic carbocycles. The summed E-state index contributed by atoms with van der Waals surface area (Å²) < 4.78 is 50.5. The van der Waals surface area contributed by atoms with Crippen molar-refractivity contribution in [2.45, 2.75) is 37.6 Å². The molecule has 1 saturated heterocycles. The zero-order valence-electron chi connectivity index (χ0n) is 22.5. The third-order valence-corrected chi connectivity index (χ3v) is 8.08. The average Bonchev–Trinajstić information content (AvgIpc) is 2.95. The minimum absolute atomic E-state index is 0.00711. The fourth-order valence-corrected chi connectivity index (χ4v) is 5.34. The van der Waals surface area contributed by atoms with Crippen LogP contribution in [-0.4, -0.2) is 69.4 Å². The average molecular weight is 572 g/mol. The number of aryl methyl sites for hydroxylation is 1. The van der Waals surface area contributed by atoms with Crippen molar-refractivity contribution in [2.24, 2.45) is 0 Å². The van der Waals surface area contributed by atoms with Crippen LogP contribution < -0.4 is 10.2 Å². The van der Waals surface area contributed by atoms with Gasteiger partial charge in [-0.25, -0.2) is 9.18 Å². The number of ether oxygens (including phenoxy) is 1. The second kappa shape index (κ2) is 13.1. The first-order chi connectivity index (χ1) is 19.1. The maximum absolute atomic E-state index is 15.0. The van der Waals surface area contributed by atoms with E-state index in [1.807, 2.05) is 42.2 Å². The Morgan fingerprint density at radius 2 is 1.70 bits per heavy atom. The number of anilines is 2. The number of nitrogens with zero attached hydrogens (tertiary/aromatic N) is 2. The molecule has 0 saturated carbocycles. The van der Waals surface area contributed by atoms with E-state index in [1.165, 1.54) is 25.1 Å². The molecule has 214 valence electrons. The molecule has 0 radical (unpaired) electrons. The van der Waals surface area contributed by atoms with Crippen LogP contribution in [0.4, 0.5) is 20.6 Å². The highest BCUT2D eigenvalue weighted by Gasteiger charge is 2.26. The maximum atomic E-state index is 15.0. The van der Waals surface area contributed by atoms with E-state index in [2.05, 4.69) is 5.32 Å². The number of hydrogen-bond donors (Lipinski definition) is 2. The van der Waals surface area contributed by atoms with E-state index >= 15 is 0 Å². The van der Waals surface area contributed by atoms with Crippen molar-refractivity contribution in [1.82, 2.24) is 4.90 Å². The van der Waals surface area contributed by atoms with Crippen LogP contribution in [0.1, 0.15) is 18.1 Å². The number of carbonyl (C=O) groups is 1. The van der Waals surface area contributed by atoms with Gasteiger partial charge in [-0.15, -0.1) is 0 Å². The lowest BCUT2D eigenvalue weighted by Crippen LogP contribution is -2.49. The zero-order chi connectivity index (χ0) is 28.7. The predicted molar refractivity (Wildman–Crippen MR) is 150 cm³/mol. The van der Waals surface area contributed by atoms with Crippen LogP contribution in [0, 0.1) is 12.7 Å². The van der Waals surface area contributed by atoms with Crippen LogP contribution in [0.5, 0.6) is 0 Å². The van der Waals surface area contributed by atoms with Crippen molar-refractivity contribution in [2.75, 3.05) is 42.9 Å². The monoisotopic (exact) mass is 571 g/mol. The molecule has 1 aliphatic rings. The number of hydrogen-bond acceptors (Lipinski definition) is 8. The number of carbonyl (C=O) groups excluding carboxylic acids is 1. The van der Waals surface area contributed by atoms with Gasteiger partial charge in [-0.1, -0.05) is 48.0 Å². The van der Waals surface area contributed by atoms with E-state index in [0.29, 0.717) is 37.6 Å². The van der Waals surface area contributed by atoms with Gasteiger partial charge in [0.15, 0.2) is 0 Å². The fourth-order valence-electron chi connectivity index (χ4n) is 4.23. The molecule has 4 rings (SSSR count). The highest BCUT2D eigenvalue weighted by atomic mass is 32.2. The molecule has 1 aliphatic heterocycles. The van der Waals surface area contributed by atoms with E-state index in [-0.39, 0.29) is 18.0 Å². The molecular formula is C29H34FN3O6S. The van der Waals surface area contributed by atoms with Gasteiger partial charge in [-0.05, 0) is 49.7 Å². The lowest BCUT2D eigenvalue weighted by Gasteiger charge is -2.35. The quantitative estimate of drug-likeness (QED) is 0.350. The largest absolute Gasteiger partial charge is 0.445 e. The highest BCUT2D eigenvalue weighted by molar-refractivity contribution is 7.86. The third kappa shape index (κ3) is 7.71. The number of aliphatic hydroxyl groups excluding tert-OH is 1. The molecule has 0 bridgehead atoms. The van der Waals surface area contributed by atoms with Crippen molar-refractivity contribution in [3.8, 4) is 0 Å². The molecule has 0 spiro atoms. The number of piperazine rings is 1. The third-order valence-electron chi connectivity index (χ3n) is 6.68. The summed E-state index contributed by atoms with van der Waals surface area (Å²) in [5.74, 6) is -0.453. The lowest BCUT2D eigenvalue weighted by atomic mass is 10.2. The van der Waals surface area contributed by atoms with Crippen molar-refractivity contribution < 1.29 is 31.6 Å². The first kappa shape index (κ1) is 29.3. The van der Waals surface area contributed by atoms with Crippen LogP contribution in [0.15, 0.2) is 77.7 Å². The van der Waals surface area contributed by atoms with Gasteiger partial charge in [-0.2, -0.15) is 8.42 Å². The van der Waals surface area contributed by atoms with Gasteiger partial charge in [0, 0.05) is 38.4 Å². The molecule has 40 heavy (non-hydrogen) atoms. The number of nitrogens with one attached hydrogen (secondary N) is 1. The molecule has 9 nitrogen and oxygen atoms in total. The Morgan fingerprint density at radius 1 is 1.02 bits per heavy atom. The normalized spacial score (nSPS) is 15.4. The molecule has 3 aromatic rings. The molecule has 2 N–H and O–H groups in total. The van der Waals surface area contributed by atoms with E-state index in [4.69, 9.17) is 8.92 Å².